The van der Waals surface area contributed by atoms with E-state index in [-0.39, 0.29) is 19.4 Å². The predicted molar refractivity (Wildman–Crippen MR) is 256 cm³/mol. The van der Waals surface area contributed by atoms with Gasteiger partial charge in [-0.25, -0.2) is 0 Å². The first-order valence-corrected chi connectivity index (χ1v) is 27.2. The number of hydrogen-bond donors (Lipinski definition) is 4. The highest BCUT2D eigenvalue weighted by Crippen LogP contribution is 2.24. The van der Waals surface area contributed by atoms with Crippen LogP contribution in [0.5, 0.6) is 0 Å². The molecule has 0 amide bonds. The highest BCUT2D eigenvalue weighted by Gasteiger charge is 2.46. The summed E-state index contributed by atoms with van der Waals surface area (Å²) in [7, 11) is -4.61. The molecule has 64 heavy (non-hydrogen) atoms. The van der Waals surface area contributed by atoms with Gasteiger partial charge in [-0.15, -0.1) is 0 Å². The molecule has 1 rings (SSSR count). The molecule has 1 fully saturated rings. The van der Waals surface area contributed by atoms with Crippen LogP contribution in [-0.2, 0) is 38.7 Å². The summed E-state index contributed by atoms with van der Waals surface area (Å²) < 4.78 is 54.2. The predicted octanol–water partition coefficient (Wildman–Crippen LogP) is 11.3. The first kappa shape index (κ1) is 59.9. The van der Waals surface area contributed by atoms with Gasteiger partial charge >= 0.3 is 11.9 Å². The average molecular weight is 929 g/mol. The van der Waals surface area contributed by atoms with Gasteiger partial charge in [0.25, 0.3) is 10.1 Å². The molecule has 0 spiro atoms. The van der Waals surface area contributed by atoms with Crippen molar-refractivity contribution in [2.24, 2.45) is 0 Å². The summed E-state index contributed by atoms with van der Waals surface area (Å²) in [5.41, 5.74) is 0. The van der Waals surface area contributed by atoms with Gasteiger partial charge in [0.05, 0.1) is 6.61 Å². The fraction of sp³-hybridized carbons (Fsp3) is 0.843. The lowest BCUT2D eigenvalue weighted by Crippen LogP contribution is -2.60. The smallest absolute Gasteiger partial charge is 0.306 e. The van der Waals surface area contributed by atoms with E-state index in [0.29, 0.717) is 12.8 Å². The molecule has 6 atom stereocenters. The number of aliphatic hydroxyl groups excluding tert-OH is 3. The Hall–Kier alpha value is -2.13. The first-order chi connectivity index (χ1) is 31.0. The largest absolute Gasteiger partial charge is 0.462 e. The van der Waals surface area contributed by atoms with E-state index >= 15 is 0 Å². The number of ether oxygens (including phenoxy) is 4. The Kier molecular flexibility index (Phi) is 38.4. The number of unbranched alkanes of at least 4 members (excludes halogenated alkanes) is 25. The van der Waals surface area contributed by atoms with Gasteiger partial charge in [0.1, 0.15) is 36.8 Å². The number of carbonyl (C=O) groups is 2. The van der Waals surface area contributed by atoms with Crippen molar-refractivity contribution in [2.75, 3.05) is 19.0 Å². The molecular weight excluding hydrogens is 837 g/mol. The van der Waals surface area contributed by atoms with Crippen molar-refractivity contribution in [3.8, 4) is 0 Å². The third-order valence-corrected chi connectivity index (χ3v) is 12.4. The number of allylic oxidation sites excluding steroid dienone is 6. The van der Waals surface area contributed by atoms with Crippen LogP contribution in [0.1, 0.15) is 219 Å². The lowest BCUT2D eigenvalue weighted by atomic mass is 10.00. The minimum absolute atomic E-state index is 0.148. The van der Waals surface area contributed by atoms with Crippen LogP contribution in [-0.4, -0.2) is 96.0 Å². The normalized spacial score (nSPS) is 19.9. The second-order valence-corrected chi connectivity index (χ2v) is 19.3. The number of esters is 2. The van der Waals surface area contributed by atoms with E-state index in [4.69, 9.17) is 18.9 Å². The topological polar surface area (TPSA) is 186 Å². The summed E-state index contributed by atoms with van der Waals surface area (Å²) in [6.45, 7) is 3.74. The Labute approximate surface area is 389 Å². The van der Waals surface area contributed by atoms with E-state index < -0.39 is 71.2 Å². The number of hydrogen-bond acceptors (Lipinski definition) is 11. The highest BCUT2D eigenvalue weighted by molar-refractivity contribution is 7.85. The van der Waals surface area contributed by atoms with Gasteiger partial charge in [0.15, 0.2) is 12.4 Å². The van der Waals surface area contributed by atoms with Crippen LogP contribution in [0.4, 0.5) is 0 Å². The Bertz CT molecular complexity index is 1320. The van der Waals surface area contributed by atoms with E-state index in [1.165, 1.54) is 116 Å². The van der Waals surface area contributed by atoms with Crippen LogP contribution in [0.15, 0.2) is 36.5 Å². The lowest BCUT2D eigenvalue weighted by Gasteiger charge is -2.40. The van der Waals surface area contributed by atoms with E-state index in [0.717, 1.165) is 64.2 Å². The molecule has 0 aliphatic carbocycles. The van der Waals surface area contributed by atoms with Crippen molar-refractivity contribution in [1.82, 2.24) is 0 Å². The minimum atomic E-state index is -4.61. The molecule has 0 aromatic carbocycles. The Balaban J connectivity index is 2.37. The molecule has 1 heterocycles. The van der Waals surface area contributed by atoms with Gasteiger partial charge in [-0.3, -0.25) is 14.1 Å². The summed E-state index contributed by atoms with van der Waals surface area (Å²) in [6.07, 6.45) is 39.0. The summed E-state index contributed by atoms with van der Waals surface area (Å²) in [6, 6.07) is 0. The van der Waals surface area contributed by atoms with Gasteiger partial charge in [-0.1, -0.05) is 172 Å². The molecule has 1 aliphatic rings. The summed E-state index contributed by atoms with van der Waals surface area (Å²) in [5.74, 6) is -2.00. The third kappa shape index (κ3) is 35.1. The van der Waals surface area contributed by atoms with Crippen LogP contribution in [0.25, 0.3) is 0 Å². The van der Waals surface area contributed by atoms with Gasteiger partial charge in [0.2, 0.25) is 0 Å². The summed E-state index contributed by atoms with van der Waals surface area (Å²) in [4.78, 5) is 25.5. The van der Waals surface area contributed by atoms with E-state index in [9.17, 15) is 37.9 Å². The zero-order chi connectivity index (χ0) is 46.9. The van der Waals surface area contributed by atoms with Gasteiger partial charge in [-0.2, -0.15) is 8.42 Å². The maximum absolute atomic E-state index is 12.8. The number of carbonyl (C=O) groups excluding carboxylic acids is 2. The van der Waals surface area contributed by atoms with Crippen LogP contribution in [0, 0.1) is 0 Å². The van der Waals surface area contributed by atoms with Crippen molar-refractivity contribution >= 4 is 22.1 Å². The Morgan fingerprint density at radius 2 is 0.938 bits per heavy atom. The fourth-order valence-corrected chi connectivity index (χ4v) is 8.39. The summed E-state index contributed by atoms with van der Waals surface area (Å²) in [5, 5.41) is 30.9. The third-order valence-electron chi connectivity index (χ3n) is 11.7. The molecule has 0 bridgehead atoms. The highest BCUT2D eigenvalue weighted by atomic mass is 32.2. The minimum Gasteiger partial charge on any atom is -0.462 e. The standard InChI is InChI=1S/C51H92O12S/c1-3-5-7-9-11-13-15-17-19-20-21-22-23-24-26-27-29-31-33-35-37-39-46(52)60-41-44(42-61-51-50(56)49(55)48(54)45(63-51)43-64(57,58)59)62-47(53)40-38-36-34-32-30-28-25-18-16-14-12-10-8-6-4-2/h12,14,18,20-21,25,44-45,48-51,54-56H,3-11,13,15-17,19,22-24,26-43H2,1-2H3,(H,57,58,59)/b14-12-,21-20-,25-18-. The van der Waals surface area contributed by atoms with Crippen molar-refractivity contribution in [1.29, 1.82) is 0 Å². The molecule has 1 saturated heterocycles. The van der Waals surface area contributed by atoms with Gasteiger partial charge < -0.3 is 34.3 Å². The maximum atomic E-state index is 12.8. The zero-order valence-electron chi connectivity index (χ0n) is 40.1. The van der Waals surface area contributed by atoms with Gasteiger partial charge in [0, 0.05) is 12.8 Å². The quantitative estimate of drug-likeness (QED) is 0.0196. The van der Waals surface area contributed by atoms with Crippen molar-refractivity contribution in [2.45, 2.75) is 256 Å². The molecular formula is C51H92O12S. The van der Waals surface area contributed by atoms with Crippen LogP contribution >= 0.6 is 0 Å². The summed E-state index contributed by atoms with van der Waals surface area (Å²) >= 11 is 0. The number of aliphatic hydroxyl groups is 3. The van der Waals surface area contributed by atoms with Gasteiger partial charge in [-0.05, 0) is 70.6 Å². The van der Waals surface area contributed by atoms with Crippen molar-refractivity contribution in [3.05, 3.63) is 36.5 Å². The molecule has 4 N–H and O–H groups in total. The van der Waals surface area contributed by atoms with E-state index in [1.54, 1.807) is 0 Å². The molecule has 0 saturated carbocycles. The lowest BCUT2D eigenvalue weighted by molar-refractivity contribution is -0.297. The molecule has 0 radical (unpaired) electrons. The SMILES string of the molecule is CCCCC/C=C\C/C=C\CCCCCCCC(=O)OC(COC(=O)CCCCCCCCCCC/C=C\CCCCCCCCCC)COC1OC(CS(=O)(=O)O)C(O)C(O)C1O. The first-order valence-electron chi connectivity index (χ1n) is 25.5. The Morgan fingerprint density at radius 3 is 1.42 bits per heavy atom. The fourth-order valence-electron chi connectivity index (χ4n) is 7.70. The monoisotopic (exact) mass is 929 g/mol. The van der Waals surface area contributed by atoms with Crippen molar-refractivity contribution in [3.63, 3.8) is 0 Å². The van der Waals surface area contributed by atoms with Crippen LogP contribution < -0.4 is 0 Å². The zero-order valence-corrected chi connectivity index (χ0v) is 41.0. The molecule has 13 heteroatoms. The molecule has 1 aliphatic heterocycles. The van der Waals surface area contributed by atoms with Crippen LogP contribution in [0.3, 0.4) is 0 Å². The average Bonchev–Trinajstić information content (AvgIpc) is 3.26. The molecule has 0 aromatic heterocycles. The molecule has 0 aromatic rings. The van der Waals surface area contributed by atoms with E-state index in [2.05, 4.69) is 50.3 Å². The Morgan fingerprint density at radius 1 is 0.531 bits per heavy atom. The molecule has 374 valence electrons. The van der Waals surface area contributed by atoms with Crippen molar-refractivity contribution < 1.29 is 56.8 Å². The molecule has 6 unspecified atom stereocenters. The molecule has 12 nitrogen and oxygen atoms in total. The maximum Gasteiger partial charge on any atom is 0.306 e. The van der Waals surface area contributed by atoms with Crippen LogP contribution in [0.2, 0.25) is 0 Å². The second kappa shape index (κ2) is 41.1. The number of rotatable bonds is 43. The van der Waals surface area contributed by atoms with E-state index in [1.807, 2.05) is 0 Å². The second-order valence-electron chi connectivity index (χ2n) is 17.8.